The SMILES string of the molecule is CC(OC(=O)N1CCN(Cc2ccc(Cl)cc2N2CCC3(CC2)CN(CC(=O)O)C3)CC1)C(F)(F)F. The van der Waals surface area contributed by atoms with Crippen molar-refractivity contribution in [1.29, 1.82) is 0 Å². The first-order valence-corrected chi connectivity index (χ1v) is 12.5. The highest BCUT2D eigenvalue weighted by molar-refractivity contribution is 6.30. The van der Waals surface area contributed by atoms with Gasteiger partial charge >= 0.3 is 18.2 Å². The van der Waals surface area contributed by atoms with E-state index in [1.807, 2.05) is 23.1 Å². The molecule has 4 rings (SSSR count). The number of anilines is 1. The summed E-state index contributed by atoms with van der Waals surface area (Å²) in [7, 11) is 0. The van der Waals surface area contributed by atoms with Gasteiger partial charge in [0.05, 0.1) is 6.54 Å². The lowest BCUT2D eigenvalue weighted by Gasteiger charge is -2.54. The average Bonchev–Trinajstić information content (AvgIpc) is 2.79. The number of likely N-dealkylation sites (tertiary alicyclic amines) is 1. The van der Waals surface area contributed by atoms with Gasteiger partial charge in [0.2, 0.25) is 0 Å². The van der Waals surface area contributed by atoms with E-state index in [0.29, 0.717) is 37.7 Å². The number of carboxylic acid groups (broad SMARTS) is 1. The van der Waals surface area contributed by atoms with Crippen molar-refractivity contribution < 1.29 is 32.6 Å². The van der Waals surface area contributed by atoms with Crippen LogP contribution in [0, 0.1) is 5.41 Å². The predicted octanol–water partition coefficient (Wildman–Crippen LogP) is 3.53. The van der Waals surface area contributed by atoms with Gasteiger partial charge in [-0.05, 0) is 42.9 Å². The number of nitrogens with zero attached hydrogens (tertiary/aromatic N) is 4. The third-order valence-corrected chi connectivity index (χ3v) is 7.69. The van der Waals surface area contributed by atoms with E-state index in [1.54, 1.807) is 0 Å². The number of amides is 1. The fourth-order valence-electron chi connectivity index (χ4n) is 5.33. The van der Waals surface area contributed by atoms with Crippen molar-refractivity contribution in [2.75, 3.05) is 63.8 Å². The van der Waals surface area contributed by atoms with E-state index >= 15 is 0 Å². The van der Waals surface area contributed by atoms with Gasteiger partial charge in [-0.2, -0.15) is 13.2 Å². The van der Waals surface area contributed by atoms with E-state index in [4.69, 9.17) is 16.7 Å². The van der Waals surface area contributed by atoms with Gasteiger partial charge in [0.1, 0.15) is 0 Å². The van der Waals surface area contributed by atoms with Gasteiger partial charge in [0, 0.05) is 69.6 Å². The first-order chi connectivity index (χ1) is 16.9. The number of aliphatic carboxylic acids is 1. The molecule has 3 saturated heterocycles. The quantitative estimate of drug-likeness (QED) is 0.600. The molecule has 8 nitrogen and oxygen atoms in total. The first-order valence-electron chi connectivity index (χ1n) is 12.2. The number of carbonyl (C=O) groups is 2. The monoisotopic (exact) mass is 532 g/mol. The van der Waals surface area contributed by atoms with Crippen LogP contribution < -0.4 is 4.90 Å². The lowest BCUT2D eigenvalue weighted by atomic mass is 9.72. The number of ether oxygens (including phenoxy) is 1. The van der Waals surface area contributed by atoms with E-state index in [2.05, 4.69) is 14.5 Å². The number of piperidine rings is 1. The Balaban J connectivity index is 1.30. The highest BCUT2D eigenvalue weighted by Crippen LogP contribution is 2.42. The molecule has 1 aromatic carbocycles. The van der Waals surface area contributed by atoms with Gasteiger partial charge in [0.25, 0.3) is 0 Å². The Hall–Kier alpha value is -2.24. The summed E-state index contributed by atoms with van der Waals surface area (Å²) in [5.41, 5.74) is 2.37. The molecule has 1 unspecified atom stereocenters. The standard InChI is InChI=1S/C24H32ClF3N4O4/c1-17(24(26,27)28)36-22(35)32-10-8-29(9-11-32)13-18-2-3-19(25)12-20(18)31-6-4-23(5-7-31)15-30(16-23)14-21(33)34/h2-3,12,17H,4-11,13-16H2,1H3,(H,33,34). The fraction of sp³-hybridized carbons (Fsp3) is 0.667. The molecule has 1 amide bonds. The minimum Gasteiger partial charge on any atom is -0.480 e. The Labute approximate surface area is 213 Å². The Kier molecular flexibility index (Phi) is 7.92. The van der Waals surface area contributed by atoms with Crippen molar-refractivity contribution in [3.05, 3.63) is 28.8 Å². The van der Waals surface area contributed by atoms with Crippen molar-refractivity contribution in [3.8, 4) is 0 Å². The molecule has 0 aromatic heterocycles. The van der Waals surface area contributed by atoms with Gasteiger partial charge in [-0.1, -0.05) is 17.7 Å². The summed E-state index contributed by atoms with van der Waals surface area (Å²) in [6.45, 7) is 6.59. The summed E-state index contributed by atoms with van der Waals surface area (Å²) >= 11 is 6.33. The third kappa shape index (κ3) is 6.36. The molecule has 36 heavy (non-hydrogen) atoms. The minimum atomic E-state index is -4.58. The average molecular weight is 533 g/mol. The zero-order chi connectivity index (χ0) is 26.1. The van der Waals surface area contributed by atoms with Gasteiger partial charge in [0.15, 0.2) is 6.10 Å². The summed E-state index contributed by atoms with van der Waals surface area (Å²) in [6, 6.07) is 5.83. The van der Waals surface area contributed by atoms with Crippen LogP contribution in [-0.2, 0) is 16.1 Å². The maximum Gasteiger partial charge on any atom is 0.425 e. The lowest BCUT2D eigenvalue weighted by molar-refractivity contribution is -0.200. The molecule has 0 bridgehead atoms. The second kappa shape index (κ2) is 10.6. The fourth-order valence-corrected chi connectivity index (χ4v) is 5.50. The van der Waals surface area contributed by atoms with Gasteiger partial charge in [-0.15, -0.1) is 0 Å². The normalized spacial score (nSPS) is 21.8. The van der Waals surface area contributed by atoms with Gasteiger partial charge < -0.3 is 19.6 Å². The molecule has 1 spiro atoms. The predicted molar refractivity (Wildman–Crippen MR) is 128 cm³/mol. The van der Waals surface area contributed by atoms with Crippen LogP contribution in [0.25, 0.3) is 0 Å². The molecule has 0 saturated carbocycles. The van der Waals surface area contributed by atoms with Crippen LogP contribution in [0.15, 0.2) is 18.2 Å². The Morgan fingerprint density at radius 3 is 2.31 bits per heavy atom. The van der Waals surface area contributed by atoms with Gasteiger partial charge in [-0.25, -0.2) is 4.79 Å². The minimum absolute atomic E-state index is 0.0935. The van der Waals surface area contributed by atoms with E-state index in [9.17, 15) is 22.8 Å². The van der Waals surface area contributed by atoms with Crippen LogP contribution in [0.2, 0.25) is 5.02 Å². The molecule has 3 fully saturated rings. The molecule has 200 valence electrons. The van der Waals surface area contributed by atoms with Crippen LogP contribution in [0.5, 0.6) is 0 Å². The van der Waals surface area contributed by atoms with Crippen molar-refractivity contribution in [1.82, 2.24) is 14.7 Å². The zero-order valence-corrected chi connectivity index (χ0v) is 21.0. The second-order valence-electron chi connectivity index (χ2n) is 10.1. The van der Waals surface area contributed by atoms with Crippen molar-refractivity contribution >= 4 is 29.4 Å². The summed E-state index contributed by atoms with van der Waals surface area (Å²) < 4.78 is 42.6. The Bertz CT molecular complexity index is 955. The Morgan fingerprint density at radius 2 is 1.72 bits per heavy atom. The largest absolute Gasteiger partial charge is 0.480 e. The molecule has 12 heteroatoms. The van der Waals surface area contributed by atoms with Crippen LogP contribution in [0.3, 0.4) is 0 Å². The number of piperazine rings is 1. The van der Waals surface area contributed by atoms with Crippen molar-refractivity contribution in [2.45, 2.75) is 38.6 Å². The number of alkyl halides is 3. The van der Waals surface area contributed by atoms with Crippen LogP contribution in [0.1, 0.15) is 25.3 Å². The van der Waals surface area contributed by atoms with E-state index < -0.39 is 24.3 Å². The number of rotatable bonds is 6. The molecule has 1 N–H and O–H groups in total. The number of hydrogen-bond donors (Lipinski definition) is 1. The smallest absolute Gasteiger partial charge is 0.425 e. The molecule has 3 aliphatic heterocycles. The van der Waals surface area contributed by atoms with Crippen LogP contribution in [-0.4, -0.2) is 103 Å². The molecule has 3 heterocycles. The summed E-state index contributed by atoms with van der Waals surface area (Å²) in [5, 5.41) is 9.64. The first kappa shape index (κ1) is 26.8. The molecule has 1 atom stereocenters. The van der Waals surface area contributed by atoms with Crippen LogP contribution >= 0.6 is 11.6 Å². The van der Waals surface area contributed by atoms with E-state index in [1.165, 1.54) is 4.90 Å². The molecular formula is C24H32ClF3N4O4. The number of halogens is 4. The summed E-state index contributed by atoms with van der Waals surface area (Å²) in [4.78, 5) is 30.8. The van der Waals surface area contributed by atoms with E-state index in [-0.39, 0.29) is 12.0 Å². The van der Waals surface area contributed by atoms with Crippen molar-refractivity contribution in [2.24, 2.45) is 5.41 Å². The molecule has 3 aliphatic rings. The summed E-state index contributed by atoms with van der Waals surface area (Å²) in [5.74, 6) is -0.792. The number of carbonyl (C=O) groups excluding carboxylic acids is 1. The van der Waals surface area contributed by atoms with Gasteiger partial charge in [-0.3, -0.25) is 14.6 Å². The topological polar surface area (TPSA) is 76.6 Å². The maximum absolute atomic E-state index is 12.7. The second-order valence-corrected chi connectivity index (χ2v) is 10.6. The molecular weight excluding hydrogens is 501 g/mol. The van der Waals surface area contributed by atoms with Crippen molar-refractivity contribution in [3.63, 3.8) is 0 Å². The zero-order valence-electron chi connectivity index (χ0n) is 20.3. The highest BCUT2D eigenvalue weighted by atomic mass is 35.5. The lowest BCUT2D eigenvalue weighted by Crippen LogP contribution is -2.61. The third-order valence-electron chi connectivity index (χ3n) is 7.45. The molecule has 1 aromatic rings. The number of benzene rings is 1. The summed E-state index contributed by atoms with van der Waals surface area (Å²) in [6.07, 6.45) is -5.67. The number of hydrogen-bond acceptors (Lipinski definition) is 6. The Morgan fingerprint density at radius 1 is 1.08 bits per heavy atom. The highest BCUT2D eigenvalue weighted by Gasteiger charge is 2.45. The maximum atomic E-state index is 12.7. The van der Waals surface area contributed by atoms with E-state index in [0.717, 1.165) is 57.2 Å². The van der Waals surface area contributed by atoms with Crippen LogP contribution in [0.4, 0.5) is 23.7 Å². The molecule has 0 aliphatic carbocycles. The molecule has 0 radical (unpaired) electrons. The number of carboxylic acids is 1.